The first-order chi connectivity index (χ1) is 13.2. The number of amides is 1. The number of rotatable bonds is 6. The van der Waals surface area contributed by atoms with Crippen molar-refractivity contribution < 1.29 is 9.32 Å². The first kappa shape index (κ1) is 20.1. The molecule has 0 bridgehead atoms. The molecule has 2 aromatic heterocycles. The van der Waals surface area contributed by atoms with Crippen LogP contribution in [-0.4, -0.2) is 25.8 Å². The summed E-state index contributed by atoms with van der Waals surface area (Å²) in [5.41, 5.74) is 1.43. The van der Waals surface area contributed by atoms with Gasteiger partial charge in [0, 0.05) is 29.3 Å². The van der Waals surface area contributed by atoms with Crippen molar-refractivity contribution in [2.24, 2.45) is 0 Å². The lowest BCUT2D eigenvalue weighted by Gasteiger charge is -2.10. The summed E-state index contributed by atoms with van der Waals surface area (Å²) in [7, 11) is 0. The Labute approximate surface area is 169 Å². The number of hydrogen-bond donors (Lipinski definition) is 1. The second kappa shape index (κ2) is 8.14. The van der Waals surface area contributed by atoms with E-state index in [1.807, 2.05) is 45.9 Å². The lowest BCUT2D eigenvalue weighted by atomic mass is 9.96. The summed E-state index contributed by atoms with van der Waals surface area (Å²) < 4.78 is 6.94. The second-order valence-corrected chi connectivity index (χ2v) is 8.16. The molecule has 0 unspecified atom stereocenters. The van der Waals surface area contributed by atoms with Gasteiger partial charge >= 0.3 is 0 Å². The Bertz CT molecular complexity index is 971. The van der Waals surface area contributed by atoms with Gasteiger partial charge in [0.1, 0.15) is 5.82 Å². The minimum absolute atomic E-state index is 0.0984. The Morgan fingerprint density at radius 3 is 2.75 bits per heavy atom. The molecule has 1 aromatic carbocycles. The summed E-state index contributed by atoms with van der Waals surface area (Å²) in [6, 6.07) is 9.15. The lowest BCUT2D eigenvalue weighted by molar-refractivity contribution is -0.116. The molecule has 0 saturated heterocycles. The second-order valence-electron chi connectivity index (χ2n) is 7.73. The van der Waals surface area contributed by atoms with Gasteiger partial charge in [0.25, 0.3) is 0 Å². The topological polar surface area (TPSA) is 85.8 Å². The molecule has 0 spiro atoms. The number of aryl methyl sites for hydroxylation is 2. The molecule has 0 radical (unpaired) electrons. The minimum atomic E-state index is -0.157. The molecule has 148 valence electrons. The smallest absolute Gasteiger partial charge is 0.226 e. The van der Waals surface area contributed by atoms with Crippen LogP contribution < -0.4 is 5.32 Å². The Kier molecular flexibility index (Phi) is 5.84. The van der Waals surface area contributed by atoms with E-state index in [1.165, 1.54) is 0 Å². The maximum absolute atomic E-state index is 12.4. The highest BCUT2D eigenvalue weighted by atomic mass is 35.5. The van der Waals surface area contributed by atoms with E-state index in [2.05, 4.69) is 20.6 Å². The number of nitrogens with one attached hydrogen (secondary N) is 1. The van der Waals surface area contributed by atoms with Gasteiger partial charge in [-0.1, -0.05) is 43.6 Å². The van der Waals surface area contributed by atoms with Crippen LogP contribution in [0.1, 0.15) is 51.0 Å². The van der Waals surface area contributed by atoms with Crippen molar-refractivity contribution in [1.82, 2.24) is 19.9 Å². The first-order valence-corrected chi connectivity index (χ1v) is 9.56. The predicted octanol–water partition coefficient (Wildman–Crippen LogP) is 4.48. The number of carbonyl (C=O) groups is 1. The SMILES string of the molecule is Cc1cc(NC(=O)CCCc2nc(C(C)(C)C)no2)n(-c2cccc(Cl)c2)n1. The summed E-state index contributed by atoms with van der Waals surface area (Å²) in [6.07, 6.45) is 1.51. The molecule has 0 aliphatic carbocycles. The number of hydrogen-bond acceptors (Lipinski definition) is 5. The number of aromatic nitrogens is 4. The van der Waals surface area contributed by atoms with E-state index in [4.69, 9.17) is 16.1 Å². The molecule has 7 nitrogen and oxygen atoms in total. The minimum Gasteiger partial charge on any atom is -0.339 e. The normalized spacial score (nSPS) is 11.6. The average Bonchev–Trinajstić information content (AvgIpc) is 3.21. The highest BCUT2D eigenvalue weighted by molar-refractivity contribution is 6.30. The van der Waals surface area contributed by atoms with E-state index in [0.29, 0.717) is 41.8 Å². The molecular formula is C20H24ClN5O2. The van der Waals surface area contributed by atoms with E-state index in [1.54, 1.807) is 16.8 Å². The Balaban J connectivity index is 1.59. The molecule has 0 atom stereocenters. The van der Waals surface area contributed by atoms with Gasteiger partial charge in [-0.25, -0.2) is 4.68 Å². The van der Waals surface area contributed by atoms with Gasteiger partial charge < -0.3 is 9.84 Å². The van der Waals surface area contributed by atoms with E-state index < -0.39 is 0 Å². The third-order valence-corrected chi connectivity index (χ3v) is 4.32. The zero-order valence-electron chi connectivity index (χ0n) is 16.5. The van der Waals surface area contributed by atoms with Gasteiger partial charge in [0.15, 0.2) is 5.82 Å². The van der Waals surface area contributed by atoms with Crippen LogP contribution in [0.4, 0.5) is 5.82 Å². The molecular weight excluding hydrogens is 378 g/mol. The fourth-order valence-electron chi connectivity index (χ4n) is 2.66. The van der Waals surface area contributed by atoms with Crippen molar-refractivity contribution in [3.63, 3.8) is 0 Å². The zero-order chi connectivity index (χ0) is 20.3. The molecule has 0 fully saturated rings. The van der Waals surface area contributed by atoms with Crippen LogP contribution in [0.25, 0.3) is 5.69 Å². The van der Waals surface area contributed by atoms with Crippen molar-refractivity contribution in [2.45, 2.75) is 52.4 Å². The number of halogens is 1. The molecule has 8 heteroatoms. The summed E-state index contributed by atoms with van der Waals surface area (Å²) in [5, 5.41) is 12.0. The molecule has 3 rings (SSSR count). The first-order valence-electron chi connectivity index (χ1n) is 9.18. The molecule has 1 amide bonds. The van der Waals surface area contributed by atoms with E-state index in [9.17, 15) is 4.79 Å². The van der Waals surface area contributed by atoms with Crippen LogP contribution in [0.5, 0.6) is 0 Å². The molecule has 1 N–H and O–H groups in total. The number of anilines is 1. The molecule has 2 heterocycles. The number of benzene rings is 1. The third kappa shape index (κ3) is 4.98. The van der Waals surface area contributed by atoms with Crippen molar-refractivity contribution in [3.05, 3.63) is 52.8 Å². The summed E-state index contributed by atoms with van der Waals surface area (Å²) in [4.78, 5) is 16.8. The van der Waals surface area contributed by atoms with Crippen LogP contribution in [-0.2, 0) is 16.6 Å². The molecule has 3 aromatic rings. The number of nitrogens with zero attached hydrogens (tertiary/aromatic N) is 4. The van der Waals surface area contributed by atoms with Crippen LogP contribution in [0.3, 0.4) is 0 Å². The van der Waals surface area contributed by atoms with Gasteiger partial charge in [-0.15, -0.1) is 0 Å². The van der Waals surface area contributed by atoms with Gasteiger partial charge in [0.05, 0.1) is 11.4 Å². The van der Waals surface area contributed by atoms with Crippen LogP contribution in [0.15, 0.2) is 34.9 Å². The maximum atomic E-state index is 12.4. The van der Waals surface area contributed by atoms with Crippen LogP contribution in [0, 0.1) is 6.92 Å². The monoisotopic (exact) mass is 401 g/mol. The van der Waals surface area contributed by atoms with E-state index in [-0.39, 0.29) is 11.3 Å². The third-order valence-electron chi connectivity index (χ3n) is 4.09. The van der Waals surface area contributed by atoms with Gasteiger partial charge in [-0.2, -0.15) is 10.1 Å². The van der Waals surface area contributed by atoms with Crippen molar-refractivity contribution >= 4 is 23.3 Å². The lowest BCUT2D eigenvalue weighted by Crippen LogP contribution is -2.15. The molecule has 28 heavy (non-hydrogen) atoms. The number of carbonyl (C=O) groups excluding carboxylic acids is 1. The summed E-state index contributed by atoms with van der Waals surface area (Å²) >= 11 is 6.07. The summed E-state index contributed by atoms with van der Waals surface area (Å²) in [5.74, 6) is 1.74. The zero-order valence-corrected chi connectivity index (χ0v) is 17.2. The Morgan fingerprint density at radius 2 is 2.07 bits per heavy atom. The van der Waals surface area contributed by atoms with Gasteiger partial charge in [0.2, 0.25) is 11.8 Å². The van der Waals surface area contributed by atoms with Gasteiger partial charge in [-0.05, 0) is 31.5 Å². The van der Waals surface area contributed by atoms with Gasteiger partial charge in [-0.3, -0.25) is 4.79 Å². The van der Waals surface area contributed by atoms with Crippen molar-refractivity contribution in [3.8, 4) is 5.69 Å². The maximum Gasteiger partial charge on any atom is 0.226 e. The fourth-order valence-corrected chi connectivity index (χ4v) is 2.84. The fraction of sp³-hybridized carbons (Fsp3) is 0.400. The quantitative estimate of drug-likeness (QED) is 0.658. The standard InChI is InChI=1S/C20H24ClN5O2/c1-13-11-16(26(24-13)15-8-5-7-14(21)12-15)22-17(27)9-6-10-18-23-19(25-28-18)20(2,3)4/h5,7-8,11-12H,6,9-10H2,1-4H3,(H,22,27). The average molecular weight is 402 g/mol. The van der Waals surface area contributed by atoms with Crippen molar-refractivity contribution in [1.29, 1.82) is 0 Å². The van der Waals surface area contributed by atoms with Crippen molar-refractivity contribution in [2.75, 3.05) is 5.32 Å². The predicted molar refractivity (Wildman–Crippen MR) is 108 cm³/mol. The Hall–Kier alpha value is -2.67. The molecule has 0 saturated carbocycles. The highest BCUT2D eigenvalue weighted by Crippen LogP contribution is 2.21. The Morgan fingerprint density at radius 1 is 1.29 bits per heavy atom. The molecule has 0 aliphatic rings. The van der Waals surface area contributed by atoms with E-state index in [0.717, 1.165) is 11.4 Å². The largest absolute Gasteiger partial charge is 0.339 e. The summed E-state index contributed by atoms with van der Waals surface area (Å²) in [6.45, 7) is 7.96. The molecule has 0 aliphatic heterocycles. The van der Waals surface area contributed by atoms with Crippen LogP contribution >= 0.6 is 11.6 Å². The van der Waals surface area contributed by atoms with Crippen LogP contribution in [0.2, 0.25) is 5.02 Å². The van der Waals surface area contributed by atoms with E-state index >= 15 is 0 Å². The highest BCUT2D eigenvalue weighted by Gasteiger charge is 2.21.